The summed E-state index contributed by atoms with van der Waals surface area (Å²) in [5, 5.41) is 3.36. The number of rotatable bonds is 6. The van der Waals surface area contributed by atoms with Crippen molar-refractivity contribution in [1.29, 1.82) is 0 Å². The number of aryl methyl sites for hydroxylation is 1. The lowest BCUT2D eigenvalue weighted by Gasteiger charge is -2.22. The molecule has 0 aromatic carbocycles. The molecule has 1 N–H and O–H groups in total. The maximum Gasteiger partial charge on any atom is 0.213 e. The first-order valence-electron chi connectivity index (χ1n) is 7.48. The van der Waals surface area contributed by atoms with Gasteiger partial charge < -0.3 is 10.1 Å². The lowest BCUT2D eigenvalue weighted by atomic mass is 9.93. The highest BCUT2D eigenvalue weighted by atomic mass is 35.5. The van der Waals surface area contributed by atoms with Crippen molar-refractivity contribution < 1.29 is 13.2 Å². The van der Waals surface area contributed by atoms with Gasteiger partial charge in [0.1, 0.15) is 0 Å². The second-order valence-electron chi connectivity index (χ2n) is 5.69. The summed E-state index contributed by atoms with van der Waals surface area (Å²) in [7, 11) is -3.21. The van der Waals surface area contributed by atoms with Crippen molar-refractivity contribution >= 4 is 22.2 Å². The number of sulfone groups is 1. The van der Waals surface area contributed by atoms with Crippen molar-refractivity contribution in [2.45, 2.75) is 37.5 Å². The third-order valence-corrected chi connectivity index (χ3v) is 5.11. The van der Waals surface area contributed by atoms with E-state index in [4.69, 9.17) is 4.74 Å². The zero-order valence-electron chi connectivity index (χ0n) is 13.2. The summed E-state index contributed by atoms with van der Waals surface area (Å²) in [6, 6.07) is 3.20. The van der Waals surface area contributed by atoms with E-state index in [1.54, 1.807) is 19.1 Å². The minimum Gasteiger partial charge on any atom is -0.478 e. The Hall–Kier alpha value is -0.850. The minimum atomic E-state index is -3.21. The van der Waals surface area contributed by atoms with Crippen molar-refractivity contribution in [3.05, 3.63) is 17.8 Å². The van der Waals surface area contributed by atoms with Gasteiger partial charge in [0.25, 0.3) is 0 Å². The molecule has 7 heteroatoms. The predicted octanol–water partition coefficient (Wildman–Crippen LogP) is 2.37. The van der Waals surface area contributed by atoms with Gasteiger partial charge in [-0.1, -0.05) is 0 Å². The van der Waals surface area contributed by atoms with E-state index in [0.29, 0.717) is 18.2 Å². The van der Waals surface area contributed by atoms with E-state index in [0.717, 1.165) is 25.4 Å². The molecule has 0 atom stereocenters. The summed E-state index contributed by atoms with van der Waals surface area (Å²) in [6.45, 7) is 4.57. The number of nitrogens with one attached hydrogen (secondary N) is 1. The lowest BCUT2D eigenvalue weighted by Crippen LogP contribution is -2.27. The van der Waals surface area contributed by atoms with Gasteiger partial charge >= 0.3 is 0 Å². The zero-order valence-corrected chi connectivity index (χ0v) is 14.8. The molecule has 0 aliphatic carbocycles. The van der Waals surface area contributed by atoms with Gasteiger partial charge in [-0.25, -0.2) is 13.4 Å². The van der Waals surface area contributed by atoms with Crippen LogP contribution in [0.15, 0.2) is 17.0 Å². The van der Waals surface area contributed by atoms with Gasteiger partial charge in [-0.2, -0.15) is 0 Å². The largest absolute Gasteiger partial charge is 0.478 e. The Labute approximate surface area is 139 Å². The smallest absolute Gasteiger partial charge is 0.213 e. The molecule has 126 valence electrons. The number of piperidine rings is 1. The van der Waals surface area contributed by atoms with E-state index < -0.39 is 9.84 Å². The Morgan fingerprint density at radius 1 is 1.32 bits per heavy atom. The topological polar surface area (TPSA) is 68.3 Å². The van der Waals surface area contributed by atoms with Crippen LogP contribution >= 0.6 is 12.4 Å². The van der Waals surface area contributed by atoms with Crippen LogP contribution in [0.2, 0.25) is 0 Å². The van der Waals surface area contributed by atoms with Crippen LogP contribution < -0.4 is 10.1 Å². The van der Waals surface area contributed by atoms with E-state index >= 15 is 0 Å². The van der Waals surface area contributed by atoms with Crippen molar-refractivity contribution in [3.63, 3.8) is 0 Å². The molecule has 1 aliphatic heterocycles. The third kappa shape index (κ3) is 5.74. The number of pyridine rings is 1. The SMILES string of the molecule is Cc1nc(OCCCC2CCNCC2)ccc1S(C)(=O)=O.Cl. The van der Waals surface area contributed by atoms with Gasteiger partial charge in [0.15, 0.2) is 9.84 Å². The Balaban J connectivity index is 0.00000242. The number of aromatic nitrogens is 1. The van der Waals surface area contributed by atoms with Crippen molar-refractivity contribution in [3.8, 4) is 5.88 Å². The van der Waals surface area contributed by atoms with Gasteiger partial charge in [0.05, 0.1) is 17.2 Å². The van der Waals surface area contributed by atoms with Crippen LogP contribution in [0.3, 0.4) is 0 Å². The molecule has 5 nitrogen and oxygen atoms in total. The Kier molecular flexibility index (Phi) is 7.59. The summed E-state index contributed by atoms with van der Waals surface area (Å²) < 4.78 is 28.7. The molecule has 1 aromatic heterocycles. The van der Waals surface area contributed by atoms with Crippen LogP contribution in [0.5, 0.6) is 5.88 Å². The first-order chi connectivity index (χ1) is 9.97. The number of hydrogen-bond acceptors (Lipinski definition) is 5. The predicted molar refractivity (Wildman–Crippen MR) is 89.7 cm³/mol. The molecule has 22 heavy (non-hydrogen) atoms. The Bertz CT molecular complexity index is 572. The number of halogens is 1. The summed E-state index contributed by atoms with van der Waals surface area (Å²) in [4.78, 5) is 4.48. The minimum absolute atomic E-state index is 0. The van der Waals surface area contributed by atoms with E-state index in [2.05, 4.69) is 10.3 Å². The molecular weight excluding hydrogens is 324 g/mol. The van der Waals surface area contributed by atoms with Crippen LogP contribution in [0.25, 0.3) is 0 Å². The van der Waals surface area contributed by atoms with Gasteiger partial charge in [0.2, 0.25) is 5.88 Å². The highest BCUT2D eigenvalue weighted by molar-refractivity contribution is 7.90. The Morgan fingerprint density at radius 2 is 2.00 bits per heavy atom. The van der Waals surface area contributed by atoms with Crippen molar-refractivity contribution in [1.82, 2.24) is 10.3 Å². The maximum absolute atomic E-state index is 11.5. The summed E-state index contributed by atoms with van der Waals surface area (Å²) in [5.74, 6) is 1.31. The molecule has 1 aromatic rings. The summed E-state index contributed by atoms with van der Waals surface area (Å²) >= 11 is 0. The van der Waals surface area contributed by atoms with Gasteiger partial charge in [-0.05, 0) is 57.7 Å². The number of nitrogens with zero attached hydrogens (tertiary/aromatic N) is 1. The standard InChI is InChI=1S/C15H24N2O3S.ClH/c1-12-14(21(2,18)19)5-6-15(17-12)20-11-3-4-13-7-9-16-10-8-13;/h5-6,13,16H,3-4,7-11H2,1-2H3;1H. The van der Waals surface area contributed by atoms with Crippen LogP contribution in [0.1, 0.15) is 31.4 Å². The quantitative estimate of drug-likeness (QED) is 0.799. The number of hydrogen-bond donors (Lipinski definition) is 1. The fourth-order valence-corrected chi connectivity index (χ4v) is 3.61. The molecule has 2 rings (SSSR count). The van der Waals surface area contributed by atoms with Gasteiger partial charge in [-0.15, -0.1) is 12.4 Å². The molecule has 0 bridgehead atoms. The third-order valence-electron chi connectivity index (χ3n) is 3.88. The normalized spacial score (nSPS) is 16.1. The average Bonchev–Trinajstić information content (AvgIpc) is 2.43. The van der Waals surface area contributed by atoms with E-state index in [1.165, 1.54) is 25.5 Å². The first kappa shape index (κ1) is 19.2. The summed E-state index contributed by atoms with van der Waals surface area (Å²) in [6.07, 6.45) is 5.89. The highest BCUT2D eigenvalue weighted by Gasteiger charge is 2.14. The van der Waals surface area contributed by atoms with Gasteiger partial charge in [0, 0.05) is 12.3 Å². The van der Waals surface area contributed by atoms with E-state index in [9.17, 15) is 8.42 Å². The Morgan fingerprint density at radius 3 is 2.59 bits per heavy atom. The second kappa shape index (κ2) is 8.70. The molecule has 0 radical (unpaired) electrons. The number of ether oxygens (including phenoxy) is 1. The second-order valence-corrected chi connectivity index (χ2v) is 7.67. The van der Waals surface area contributed by atoms with Crippen molar-refractivity contribution in [2.24, 2.45) is 5.92 Å². The van der Waals surface area contributed by atoms with Crippen LogP contribution in [-0.4, -0.2) is 39.4 Å². The monoisotopic (exact) mass is 348 g/mol. The fraction of sp³-hybridized carbons (Fsp3) is 0.667. The zero-order chi connectivity index (χ0) is 15.3. The van der Waals surface area contributed by atoms with E-state index in [1.807, 2.05) is 0 Å². The molecule has 1 fully saturated rings. The highest BCUT2D eigenvalue weighted by Crippen LogP contribution is 2.19. The summed E-state index contributed by atoms with van der Waals surface area (Å²) in [5.41, 5.74) is 0.494. The van der Waals surface area contributed by atoms with Crippen LogP contribution in [0, 0.1) is 12.8 Å². The molecular formula is C15H25ClN2O3S. The van der Waals surface area contributed by atoms with E-state index in [-0.39, 0.29) is 17.3 Å². The van der Waals surface area contributed by atoms with Gasteiger partial charge in [-0.3, -0.25) is 0 Å². The molecule has 1 aliphatic rings. The van der Waals surface area contributed by atoms with Crippen molar-refractivity contribution in [2.75, 3.05) is 26.0 Å². The fourth-order valence-electron chi connectivity index (χ4n) is 2.72. The average molecular weight is 349 g/mol. The first-order valence-corrected chi connectivity index (χ1v) is 9.37. The molecule has 0 spiro atoms. The molecule has 1 saturated heterocycles. The molecule has 0 unspecified atom stereocenters. The maximum atomic E-state index is 11.5. The molecule has 0 saturated carbocycles. The lowest BCUT2D eigenvalue weighted by molar-refractivity contribution is 0.266. The van der Waals surface area contributed by atoms with Crippen LogP contribution in [0.4, 0.5) is 0 Å². The molecule has 2 heterocycles. The molecule has 0 amide bonds. The van der Waals surface area contributed by atoms with Crippen LogP contribution in [-0.2, 0) is 9.84 Å².